The first-order valence-electron chi connectivity index (χ1n) is 14.5. The van der Waals surface area contributed by atoms with E-state index in [9.17, 15) is 0 Å². The third-order valence-corrected chi connectivity index (χ3v) is 8.44. The van der Waals surface area contributed by atoms with Gasteiger partial charge in [0.15, 0.2) is 0 Å². The van der Waals surface area contributed by atoms with E-state index in [1.807, 2.05) is 0 Å². The van der Waals surface area contributed by atoms with Gasteiger partial charge in [-0.25, -0.2) is 0 Å². The number of aromatic nitrogens is 2. The number of hydrogen-bond acceptors (Lipinski definition) is 0. The Morgan fingerprint density at radius 1 is 0.415 bits per heavy atom. The smallest absolute Gasteiger partial charge is 0.0541 e. The Balaban J connectivity index is 1.18. The van der Waals surface area contributed by atoms with Gasteiger partial charge in [-0.05, 0) is 77.7 Å². The Kier molecular flexibility index (Phi) is 5.53. The maximum Gasteiger partial charge on any atom is 0.0541 e. The van der Waals surface area contributed by atoms with Crippen LogP contribution in [0.2, 0.25) is 0 Å². The first-order chi connectivity index (χ1) is 20.3. The molecular formula is C39H30N2. The van der Waals surface area contributed by atoms with Gasteiger partial charge >= 0.3 is 0 Å². The first kappa shape index (κ1) is 23.8. The van der Waals surface area contributed by atoms with Crippen LogP contribution in [0.15, 0.2) is 140 Å². The second-order valence-electron chi connectivity index (χ2n) is 10.9. The number of nitrogens with zero attached hydrogens (tertiary/aromatic N) is 2. The molecule has 6 aromatic carbocycles. The molecule has 196 valence electrons. The molecular weight excluding hydrogens is 496 g/mol. The summed E-state index contributed by atoms with van der Waals surface area (Å²) in [7, 11) is 0. The Labute approximate surface area is 239 Å². The Morgan fingerprint density at radius 2 is 0.829 bits per heavy atom. The molecule has 0 N–H and O–H groups in total. The first-order valence-corrected chi connectivity index (χ1v) is 14.5. The van der Waals surface area contributed by atoms with Crippen LogP contribution < -0.4 is 0 Å². The molecule has 0 saturated carbocycles. The average molecular weight is 527 g/mol. The summed E-state index contributed by atoms with van der Waals surface area (Å²) in [6, 6.07) is 51.0. The summed E-state index contributed by atoms with van der Waals surface area (Å²) in [5, 5.41) is 5.21. The lowest BCUT2D eigenvalue weighted by atomic mass is 10.0. The Bertz CT molecular complexity index is 2140. The van der Waals surface area contributed by atoms with Crippen LogP contribution >= 0.6 is 0 Å². The SMILES string of the molecule is CCCc1ccc2c(c1)c1ccccc1n2-c1ccc(-c2ccc(-n3c4ccccc4c4ccccc43)cc2)cc1. The van der Waals surface area contributed by atoms with Gasteiger partial charge in [0.25, 0.3) is 0 Å². The molecule has 8 rings (SSSR count). The largest absolute Gasteiger partial charge is 0.309 e. The zero-order chi connectivity index (χ0) is 27.3. The van der Waals surface area contributed by atoms with Gasteiger partial charge in [-0.3, -0.25) is 0 Å². The number of hydrogen-bond donors (Lipinski definition) is 0. The summed E-state index contributed by atoms with van der Waals surface area (Å²) in [6.45, 7) is 2.24. The molecule has 41 heavy (non-hydrogen) atoms. The maximum absolute atomic E-state index is 2.40. The standard InChI is InChI=1S/C39H30N2/c1-2-9-27-16-25-39-35(26-27)34-12-5-8-15-38(34)41(39)31-23-19-29(20-24-31)28-17-21-30(22-18-28)40-36-13-6-3-10-32(36)33-11-4-7-14-37(33)40/h3-8,10-26H,2,9H2,1H3. The number of rotatable bonds is 5. The molecule has 2 heterocycles. The summed E-state index contributed by atoms with van der Waals surface area (Å²) in [6.07, 6.45) is 2.27. The second-order valence-corrected chi connectivity index (χ2v) is 10.9. The predicted octanol–water partition coefficient (Wildman–Crippen LogP) is 10.5. The fourth-order valence-corrected chi connectivity index (χ4v) is 6.55. The molecule has 0 bridgehead atoms. The van der Waals surface area contributed by atoms with Crippen molar-refractivity contribution in [3.05, 3.63) is 145 Å². The molecule has 8 aromatic rings. The van der Waals surface area contributed by atoms with Crippen molar-refractivity contribution in [3.63, 3.8) is 0 Å². The summed E-state index contributed by atoms with van der Waals surface area (Å²) >= 11 is 0. The van der Waals surface area contributed by atoms with Crippen LogP contribution in [0, 0.1) is 0 Å². The van der Waals surface area contributed by atoms with Crippen molar-refractivity contribution in [1.29, 1.82) is 0 Å². The zero-order valence-electron chi connectivity index (χ0n) is 23.1. The number of aryl methyl sites for hydroxylation is 1. The van der Waals surface area contributed by atoms with E-state index in [0.717, 1.165) is 12.8 Å². The van der Waals surface area contributed by atoms with E-state index in [2.05, 4.69) is 156 Å². The van der Waals surface area contributed by atoms with Crippen molar-refractivity contribution in [2.24, 2.45) is 0 Å². The molecule has 0 amide bonds. The van der Waals surface area contributed by atoms with E-state index in [1.165, 1.54) is 71.7 Å². The van der Waals surface area contributed by atoms with Crippen LogP contribution in [0.5, 0.6) is 0 Å². The minimum Gasteiger partial charge on any atom is -0.309 e. The summed E-state index contributed by atoms with van der Waals surface area (Å²) in [5.41, 5.74) is 11.2. The molecule has 0 aliphatic carbocycles. The van der Waals surface area contributed by atoms with Crippen LogP contribution in [0.3, 0.4) is 0 Å². The predicted molar refractivity (Wildman–Crippen MR) is 175 cm³/mol. The van der Waals surface area contributed by atoms with Crippen LogP contribution in [-0.2, 0) is 6.42 Å². The van der Waals surface area contributed by atoms with E-state index in [0.29, 0.717) is 0 Å². The highest BCUT2D eigenvalue weighted by Crippen LogP contribution is 2.35. The molecule has 0 unspecified atom stereocenters. The Hall–Kier alpha value is -5.08. The normalized spacial score (nSPS) is 11.7. The van der Waals surface area contributed by atoms with Crippen molar-refractivity contribution >= 4 is 43.6 Å². The van der Waals surface area contributed by atoms with E-state index < -0.39 is 0 Å². The van der Waals surface area contributed by atoms with Crippen molar-refractivity contribution in [1.82, 2.24) is 9.13 Å². The number of fused-ring (bicyclic) bond motifs is 6. The van der Waals surface area contributed by atoms with E-state index in [-0.39, 0.29) is 0 Å². The highest BCUT2D eigenvalue weighted by Gasteiger charge is 2.14. The Morgan fingerprint density at radius 3 is 1.29 bits per heavy atom. The third-order valence-electron chi connectivity index (χ3n) is 8.44. The van der Waals surface area contributed by atoms with Crippen LogP contribution in [0.25, 0.3) is 66.1 Å². The number of benzene rings is 6. The summed E-state index contributed by atoms with van der Waals surface area (Å²) in [4.78, 5) is 0. The second kappa shape index (κ2) is 9.53. The molecule has 0 radical (unpaired) electrons. The molecule has 0 aliphatic rings. The van der Waals surface area contributed by atoms with E-state index in [1.54, 1.807) is 0 Å². The maximum atomic E-state index is 2.40. The van der Waals surface area contributed by atoms with Gasteiger partial charge in [0.05, 0.1) is 22.1 Å². The van der Waals surface area contributed by atoms with Gasteiger partial charge in [0, 0.05) is 32.9 Å². The summed E-state index contributed by atoms with van der Waals surface area (Å²) < 4.78 is 4.77. The minimum atomic E-state index is 1.11. The average Bonchev–Trinajstić information content (AvgIpc) is 3.54. The molecule has 2 heteroatoms. The highest BCUT2D eigenvalue weighted by molar-refractivity contribution is 6.10. The number of para-hydroxylation sites is 3. The zero-order valence-corrected chi connectivity index (χ0v) is 23.1. The van der Waals surface area contributed by atoms with Gasteiger partial charge < -0.3 is 9.13 Å². The van der Waals surface area contributed by atoms with Crippen molar-refractivity contribution in [2.75, 3.05) is 0 Å². The molecule has 0 fully saturated rings. The van der Waals surface area contributed by atoms with Gasteiger partial charge in [0.1, 0.15) is 0 Å². The topological polar surface area (TPSA) is 9.86 Å². The molecule has 0 aliphatic heterocycles. The molecule has 0 atom stereocenters. The van der Waals surface area contributed by atoms with Gasteiger partial charge in [-0.15, -0.1) is 0 Å². The highest BCUT2D eigenvalue weighted by atomic mass is 15.0. The lowest BCUT2D eigenvalue weighted by Gasteiger charge is -2.11. The van der Waals surface area contributed by atoms with Gasteiger partial charge in [-0.2, -0.15) is 0 Å². The quantitative estimate of drug-likeness (QED) is 0.211. The van der Waals surface area contributed by atoms with Crippen molar-refractivity contribution in [2.45, 2.75) is 19.8 Å². The van der Waals surface area contributed by atoms with E-state index in [4.69, 9.17) is 0 Å². The monoisotopic (exact) mass is 526 g/mol. The van der Waals surface area contributed by atoms with Crippen molar-refractivity contribution < 1.29 is 0 Å². The van der Waals surface area contributed by atoms with E-state index >= 15 is 0 Å². The molecule has 0 spiro atoms. The van der Waals surface area contributed by atoms with Crippen LogP contribution in [0.4, 0.5) is 0 Å². The summed E-state index contributed by atoms with van der Waals surface area (Å²) in [5.74, 6) is 0. The van der Waals surface area contributed by atoms with Gasteiger partial charge in [-0.1, -0.05) is 98.3 Å². The fourth-order valence-electron chi connectivity index (χ4n) is 6.55. The lowest BCUT2D eigenvalue weighted by Crippen LogP contribution is -1.95. The third kappa shape index (κ3) is 3.79. The van der Waals surface area contributed by atoms with Gasteiger partial charge in [0.2, 0.25) is 0 Å². The van der Waals surface area contributed by atoms with Crippen LogP contribution in [0.1, 0.15) is 18.9 Å². The lowest BCUT2D eigenvalue weighted by molar-refractivity contribution is 0.923. The molecule has 2 nitrogen and oxygen atoms in total. The minimum absolute atomic E-state index is 1.11. The molecule has 0 saturated heterocycles. The fraction of sp³-hybridized carbons (Fsp3) is 0.0769. The van der Waals surface area contributed by atoms with Crippen LogP contribution in [-0.4, -0.2) is 9.13 Å². The molecule has 2 aromatic heterocycles. The van der Waals surface area contributed by atoms with Crippen molar-refractivity contribution in [3.8, 4) is 22.5 Å².